The first-order chi connectivity index (χ1) is 13.0. The quantitative estimate of drug-likeness (QED) is 0.208. The van der Waals surface area contributed by atoms with Gasteiger partial charge in [-0.15, -0.1) is 0 Å². The van der Waals surface area contributed by atoms with Gasteiger partial charge in [0, 0.05) is 6.42 Å². The number of hydrogen-bond acceptors (Lipinski definition) is 11. The lowest BCUT2D eigenvalue weighted by Crippen LogP contribution is -2.37. The van der Waals surface area contributed by atoms with Gasteiger partial charge in [0.05, 0.1) is 19.4 Å². The van der Waals surface area contributed by atoms with Crippen LogP contribution in [0.1, 0.15) is 19.1 Å². The Morgan fingerprint density at radius 1 is 1.33 bits per heavy atom. The van der Waals surface area contributed by atoms with E-state index in [1.54, 1.807) is 0 Å². The Hall–Kier alpha value is -2.87. The minimum absolute atomic E-state index is 0.138. The maximum Gasteiger partial charge on any atom is 0.306 e. The summed E-state index contributed by atoms with van der Waals surface area (Å²) in [5, 5.41) is 28.2. The van der Waals surface area contributed by atoms with Crippen LogP contribution in [-0.4, -0.2) is 71.7 Å². The van der Waals surface area contributed by atoms with E-state index in [2.05, 4.69) is 15.0 Å². The van der Waals surface area contributed by atoms with Crippen molar-refractivity contribution in [1.29, 1.82) is 0 Å². The van der Waals surface area contributed by atoms with Gasteiger partial charge in [0.25, 0.3) is 0 Å². The van der Waals surface area contributed by atoms with Crippen LogP contribution in [0.25, 0.3) is 11.2 Å². The molecule has 1 aliphatic rings. The summed E-state index contributed by atoms with van der Waals surface area (Å²) in [5.74, 6) is -1.42. The zero-order chi connectivity index (χ0) is 19.6. The van der Waals surface area contributed by atoms with Gasteiger partial charge >= 0.3 is 5.97 Å². The highest BCUT2D eigenvalue weighted by molar-refractivity contribution is 5.81. The van der Waals surface area contributed by atoms with Crippen molar-refractivity contribution < 1.29 is 34.5 Å². The molecule has 27 heavy (non-hydrogen) atoms. The van der Waals surface area contributed by atoms with Gasteiger partial charge in [0.1, 0.15) is 24.1 Å². The molecule has 146 valence electrons. The standard InChI is InChI=1S/C14H18N6O7/c15-12-9-13(17-4-16-12)20(5-18-9)14-11(10(24)6(3-21)26-14)27-8(23)2-1-7(22)19-25/h4-6,10-11,14,21,24-25H,1-3H2,(H,19,22)(H2,15,16,17)/t6-,10-,11+,14-/m1/s1. The smallest absolute Gasteiger partial charge is 0.306 e. The number of hydrogen-bond donors (Lipinski definition) is 5. The minimum atomic E-state index is -1.33. The average Bonchev–Trinajstić information content (AvgIpc) is 3.22. The van der Waals surface area contributed by atoms with Crippen LogP contribution in [0.4, 0.5) is 5.82 Å². The van der Waals surface area contributed by atoms with Gasteiger partial charge in [-0.3, -0.25) is 19.4 Å². The van der Waals surface area contributed by atoms with E-state index in [0.717, 1.165) is 0 Å². The summed E-state index contributed by atoms with van der Waals surface area (Å²) in [7, 11) is 0. The number of carbonyl (C=O) groups is 2. The van der Waals surface area contributed by atoms with E-state index in [1.807, 2.05) is 0 Å². The molecule has 1 fully saturated rings. The van der Waals surface area contributed by atoms with Gasteiger partial charge in [-0.25, -0.2) is 20.4 Å². The fourth-order valence-corrected chi connectivity index (χ4v) is 2.76. The van der Waals surface area contributed by atoms with Crippen molar-refractivity contribution in [1.82, 2.24) is 25.0 Å². The van der Waals surface area contributed by atoms with Gasteiger partial charge in [0.2, 0.25) is 5.91 Å². The number of hydroxylamine groups is 1. The number of carbonyl (C=O) groups excluding carboxylic acids is 2. The van der Waals surface area contributed by atoms with Gasteiger partial charge in [-0.2, -0.15) is 0 Å². The fourth-order valence-electron chi connectivity index (χ4n) is 2.76. The summed E-state index contributed by atoms with van der Waals surface area (Å²) < 4.78 is 12.3. The SMILES string of the molecule is Nc1ncnc2c1ncn2[C@@H]1O[C@H](CO)[C@@H](O)[C@@H]1OC(=O)CCC(=O)NO. The number of nitrogens with zero attached hydrogens (tertiary/aromatic N) is 4. The Morgan fingerprint density at radius 3 is 2.81 bits per heavy atom. The Bertz CT molecular complexity index is 842. The zero-order valence-corrected chi connectivity index (χ0v) is 13.9. The summed E-state index contributed by atoms with van der Waals surface area (Å²) in [4.78, 5) is 35.0. The maximum atomic E-state index is 12.0. The predicted molar refractivity (Wildman–Crippen MR) is 85.8 cm³/mol. The van der Waals surface area contributed by atoms with Gasteiger partial charge < -0.3 is 25.4 Å². The average molecular weight is 382 g/mol. The normalized spacial score (nSPS) is 24.9. The Labute approximate surface area is 151 Å². The molecular weight excluding hydrogens is 364 g/mol. The van der Waals surface area contributed by atoms with E-state index in [-0.39, 0.29) is 18.7 Å². The number of aliphatic hydroxyl groups is 2. The van der Waals surface area contributed by atoms with Crippen molar-refractivity contribution >= 4 is 28.9 Å². The molecule has 0 unspecified atom stereocenters. The summed E-state index contributed by atoms with van der Waals surface area (Å²) in [6, 6.07) is 0. The highest BCUT2D eigenvalue weighted by Crippen LogP contribution is 2.34. The number of esters is 1. The van der Waals surface area contributed by atoms with E-state index in [0.29, 0.717) is 11.2 Å². The van der Waals surface area contributed by atoms with Crippen LogP contribution in [0.5, 0.6) is 0 Å². The van der Waals surface area contributed by atoms with Crippen LogP contribution < -0.4 is 11.2 Å². The zero-order valence-electron chi connectivity index (χ0n) is 13.9. The van der Waals surface area contributed by atoms with Crippen LogP contribution in [0, 0.1) is 0 Å². The maximum absolute atomic E-state index is 12.0. The monoisotopic (exact) mass is 382 g/mol. The molecule has 0 saturated carbocycles. The molecule has 0 aliphatic carbocycles. The summed E-state index contributed by atoms with van der Waals surface area (Å²) in [5.41, 5.74) is 7.74. The molecule has 0 spiro atoms. The molecule has 4 atom stereocenters. The molecule has 1 amide bonds. The van der Waals surface area contributed by atoms with E-state index < -0.39 is 43.0 Å². The first kappa shape index (κ1) is 18.9. The molecule has 0 aromatic carbocycles. The second-order valence-electron chi connectivity index (χ2n) is 5.81. The number of rotatable bonds is 6. The van der Waals surface area contributed by atoms with Gasteiger partial charge in [0.15, 0.2) is 23.8 Å². The molecule has 3 rings (SSSR count). The number of anilines is 1. The summed E-state index contributed by atoms with van der Waals surface area (Å²) in [6.45, 7) is -0.512. The first-order valence-corrected chi connectivity index (χ1v) is 7.96. The highest BCUT2D eigenvalue weighted by Gasteiger charge is 2.47. The second-order valence-corrected chi connectivity index (χ2v) is 5.81. The van der Waals surface area contributed by atoms with Crippen molar-refractivity contribution in [2.45, 2.75) is 37.4 Å². The van der Waals surface area contributed by atoms with Crippen LogP contribution in [0.3, 0.4) is 0 Å². The third-order valence-electron chi connectivity index (χ3n) is 4.10. The van der Waals surface area contributed by atoms with Crippen molar-refractivity contribution in [3.05, 3.63) is 12.7 Å². The molecule has 13 heteroatoms. The minimum Gasteiger partial charge on any atom is -0.455 e. The number of fused-ring (bicyclic) bond motifs is 1. The molecule has 6 N–H and O–H groups in total. The number of ether oxygens (including phenoxy) is 2. The predicted octanol–water partition coefficient (Wildman–Crippen LogP) is -2.14. The Morgan fingerprint density at radius 2 is 2.11 bits per heavy atom. The van der Waals surface area contributed by atoms with Gasteiger partial charge in [-0.05, 0) is 0 Å². The first-order valence-electron chi connectivity index (χ1n) is 7.96. The fraction of sp³-hybridized carbons (Fsp3) is 0.500. The lowest BCUT2D eigenvalue weighted by Gasteiger charge is -2.21. The third-order valence-corrected chi connectivity index (χ3v) is 4.10. The molecule has 0 radical (unpaired) electrons. The summed E-state index contributed by atoms with van der Waals surface area (Å²) >= 11 is 0. The van der Waals surface area contributed by atoms with E-state index >= 15 is 0 Å². The lowest BCUT2D eigenvalue weighted by atomic mass is 10.1. The van der Waals surface area contributed by atoms with Crippen molar-refractivity contribution in [2.75, 3.05) is 12.3 Å². The number of nitrogen functional groups attached to an aromatic ring is 1. The van der Waals surface area contributed by atoms with Crippen LogP contribution in [0.15, 0.2) is 12.7 Å². The summed E-state index contributed by atoms with van der Waals surface area (Å²) in [6.07, 6.45) is -2.63. The van der Waals surface area contributed by atoms with E-state index in [9.17, 15) is 19.8 Å². The van der Waals surface area contributed by atoms with Crippen molar-refractivity contribution in [2.24, 2.45) is 0 Å². The number of amides is 1. The van der Waals surface area contributed by atoms with Crippen LogP contribution in [0.2, 0.25) is 0 Å². The Kier molecular flexibility index (Phi) is 5.46. The molecule has 13 nitrogen and oxygen atoms in total. The molecule has 2 aromatic rings. The van der Waals surface area contributed by atoms with Crippen LogP contribution in [-0.2, 0) is 19.1 Å². The molecule has 1 saturated heterocycles. The molecule has 0 bridgehead atoms. The van der Waals surface area contributed by atoms with E-state index in [1.165, 1.54) is 22.7 Å². The molecule has 2 aromatic heterocycles. The topological polar surface area (TPSA) is 195 Å². The highest BCUT2D eigenvalue weighted by atomic mass is 16.6. The Balaban J connectivity index is 1.84. The second kappa shape index (κ2) is 7.79. The largest absolute Gasteiger partial charge is 0.455 e. The molecule has 1 aliphatic heterocycles. The lowest BCUT2D eigenvalue weighted by molar-refractivity contribution is -0.159. The number of imidazole rings is 1. The van der Waals surface area contributed by atoms with Crippen molar-refractivity contribution in [3.63, 3.8) is 0 Å². The van der Waals surface area contributed by atoms with Crippen molar-refractivity contribution in [3.8, 4) is 0 Å². The number of nitrogens with two attached hydrogens (primary N) is 1. The number of aliphatic hydroxyl groups excluding tert-OH is 2. The molecular formula is C14H18N6O7. The third kappa shape index (κ3) is 3.66. The number of aromatic nitrogens is 4. The number of nitrogens with one attached hydrogen (secondary N) is 1. The van der Waals surface area contributed by atoms with E-state index in [4.69, 9.17) is 20.4 Å². The van der Waals surface area contributed by atoms with Gasteiger partial charge in [-0.1, -0.05) is 0 Å². The van der Waals surface area contributed by atoms with Crippen LogP contribution >= 0.6 is 0 Å². The molecule has 3 heterocycles.